The molecule has 0 saturated carbocycles. The molecule has 8 heteroatoms. The summed E-state index contributed by atoms with van der Waals surface area (Å²) in [5.41, 5.74) is -0.218. The van der Waals surface area contributed by atoms with Gasteiger partial charge < -0.3 is 24.5 Å². The van der Waals surface area contributed by atoms with Gasteiger partial charge in [-0.15, -0.1) is 0 Å². The van der Waals surface area contributed by atoms with E-state index in [0.717, 1.165) is 18.4 Å². The smallest absolute Gasteiger partial charge is 0.249 e. The highest BCUT2D eigenvalue weighted by molar-refractivity contribution is 5.99. The number of carbonyl (C=O) groups is 3. The fourth-order valence-corrected chi connectivity index (χ4v) is 6.08. The summed E-state index contributed by atoms with van der Waals surface area (Å²) in [6.07, 6.45) is 8.76. The number of aliphatic hydroxyl groups is 1. The number of amides is 3. The normalized spacial score (nSPS) is 31.9. The molecule has 8 nitrogen and oxygen atoms in total. The van der Waals surface area contributed by atoms with Crippen LogP contribution in [0.25, 0.3) is 0 Å². The number of likely N-dealkylation sites (tertiary alicyclic amines) is 1. The summed E-state index contributed by atoms with van der Waals surface area (Å²) in [6, 6.07) is 8.87. The molecule has 1 aromatic carbocycles. The van der Waals surface area contributed by atoms with Gasteiger partial charge in [-0.1, -0.05) is 68.0 Å². The van der Waals surface area contributed by atoms with Crippen molar-refractivity contribution in [2.75, 3.05) is 32.8 Å². The van der Waals surface area contributed by atoms with Gasteiger partial charge in [0.25, 0.3) is 0 Å². The van der Waals surface area contributed by atoms with Gasteiger partial charge in [-0.25, -0.2) is 0 Å². The van der Waals surface area contributed by atoms with E-state index in [9.17, 15) is 19.5 Å². The second-order valence-corrected chi connectivity index (χ2v) is 9.77. The van der Waals surface area contributed by atoms with Crippen molar-refractivity contribution in [3.05, 3.63) is 60.2 Å². The lowest BCUT2D eigenvalue weighted by Gasteiger charge is -2.35. The van der Waals surface area contributed by atoms with Crippen LogP contribution in [0.5, 0.6) is 0 Å². The number of nitrogens with zero attached hydrogens (tertiary/aromatic N) is 3. The Morgan fingerprint density at radius 1 is 1.00 bits per heavy atom. The molecule has 5 rings (SSSR count). The summed E-state index contributed by atoms with van der Waals surface area (Å²) in [6.45, 7) is 3.73. The van der Waals surface area contributed by atoms with Crippen molar-refractivity contribution in [2.45, 2.75) is 44.1 Å². The first-order chi connectivity index (χ1) is 17.0. The van der Waals surface area contributed by atoms with Gasteiger partial charge in [0.2, 0.25) is 17.7 Å². The van der Waals surface area contributed by atoms with Gasteiger partial charge in [0.1, 0.15) is 11.6 Å². The molecule has 0 aliphatic carbocycles. The molecule has 1 N–H and O–H groups in total. The van der Waals surface area contributed by atoms with Gasteiger partial charge in [-0.05, 0) is 12.0 Å². The molecule has 1 aromatic rings. The van der Waals surface area contributed by atoms with Crippen molar-refractivity contribution in [1.29, 1.82) is 0 Å². The Morgan fingerprint density at radius 3 is 2.51 bits per heavy atom. The van der Waals surface area contributed by atoms with Gasteiger partial charge in [-0.3, -0.25) is 14.4 Å². The first-order valence-corrected chi connectivity index (χ1v) is 12.6. The molecule has 2 fully saturated rings. The van der Waals surface area contributed by atoms with Crippen LogP contribution in [0.3, 0.4) is 0 Å². The number of hydrogen-bond donors (Lipinski definition) is 1. The Balaban J connectivity index is 1.52. The topological polar surface area (TPSA) is 90.4 Å². The maximum atomic E-state index is 13.9. The van der Waals surface area contributed by atoms with Crippen LogP contribution >= 0.6 is 0 Å². The van der Waals surface area contributed by atoms with Gasteiger partial charge >= 0.3 is 0 Å². The third kappa shape index (κ3) is 3.89. The monoisotopic (exact) mass is 479 g/mol. The Labute approximate surface area is 205 Å². The van der Waals surface area contributed by atoms with Crippen LogP contribution in [0.15, 0.2) is 54.6 Å². The molecule has 3 amide bonds. The van der Waals surface area contributed by atoms with Crippen LogP contribution < -0.4 is 0 Å². The SMILES string of the molecule is CCCCN1CC=C[C@]23O[C@H]4C=CCN(Cc5ccccc5)C(=O)[C@H]4[C@H]2C(=O)N(CCO)C3C1=O. The minimum Gasteiger partial charge on any atom is -0.395 e. The van der Waals surface area contributed by atoms with E-state index >= 15 is 0 Å². The highest BCUT2D eigenvalue weighted by Gasteiger charge is 2.71. The first kappa shape index (κ1) is 23.8. The molecule has 4 aliphatic rings. The molecule has 35 heavy (non-hydrogen) atoms. The van der Waals surface area contributed by atoms with Crippen molar-refractivity contribution >= 4 is 17.7 Å². The lowest BCUT2D eigenvalue weighted by Crippen LogP contribution is -2.55. The molecule has 0 bridgehead atoms. The zero-order valence-electron chi connectivity index (χ0n) is 20.1. The summed E-state index contributed by atoms with van der Waals surface area (Å²) in [4.78, 5) is 46.5. The fourth-order valence-electron chi connectivity index (χ4n) is 6.08. The third-order valence-corrected chi connectivity index (χ3v) is 7.66. The number of ether oxygens (including phenoxy) is 1. The van der Waals surface area contributed by atoms with Crippen molar-refractivity contribution in [3.8, 4) is 0 Å². The summed E-state index contributed by atoms with van der Waals surface area (Å²) < 4.78 is 6.57. The standard InChI is InChI=1S/C27H33N3O5/c1-2-3-13-28-15-8-12-27-22(25(33)30(16-17-31)23(27)26(28)34)21-20(35-27)11-7-14-29(24(21)32)18-19-9-5-4-6-10-19/h4-12,20-23,31H,2-3,13-18H2,1H3/t20-,21+,22-,23?,27-/m0/s1. The average Bonchev–Trinajstić information content (AvgIpc) is 3.17. The number of unbranched alkanes of at least 4 members (excludes halogenated alkanes) is 1. The molecule has 1 unspecified atom stereocenters. The van der Waals surface area contributed by atoms with E-state index in [1.165, 1.54) is 4.90 Å². The number of β-amino-alcohol motifs (C(OH)–C–C–N with tert-alkyl or cyclic N) is 1. The van der Waals surface area contributed by atoms with Crippen LogP contribution in [0.2, 0.25) is 0 Å². The minimum atomic E-state index is -1.23. The number of fused-ring (bicyclic) bond motifs is 2. The van der Waals surface area contributed by atoms with Crippen molar-refractivity contribution in [3.63, 3.8) is 0 Å². The summed E-state index contributed by atoms with van der Waals surface area (Å²) in [5.74, 6) is -2.16. The quantitative estimate of drug-likeness (QED) is 0.597. The van der Waals surface area contributed by atoms with E-state index in [4.69, 9.17) is 4.74 Å². The second kappa shape index (κ2) is 9.59. The third-order valence-electron chi connectivity index (χ3n) is 7.66. The van der Waals surface area contributed by atoms with Crippen LogP contribution in [0, 0.1) is 11.8 Å². The van der Waals surface area contributed by atoms with E-state index in [-0.39, 0.29) is 30.9 Å². The molecule has 4 heterocycles. The van der Waals surface area contributed by atoms with E-state index in [2.05, 4.69) is 6.92 Å². The lowest BCUT2D eigenvalue weighted by molar-refractivity contribution is -0.148. The van der Waals surface area contributed by atoms with E-state index < -0.39 is 29.6 Å². The molecule has 5 atom stereocenters. The van der Waals surface area contributed by atoms with Crippen LogP contribution in [0.1, 0.15) is 25.3 Å². The second-order valence-electron chi connectivity index (χ2n) is 9.77. The summed E-state index contributed by atoms with van der Waals surface area (Å²) in [7, 11) is 0. The summed E-state index contributed by atoms with van der Waals surface area (Å²) >= 11 is 0. The Kier molecular flexibility index (Phi) is 6.51. The minimum absolute atomic E-state index is 0.0292. The van der Waals surface area contributed by atoms with Gasteiger partial charge in [0.15, 0.2) is 0 Å². The maximum Gasteiger partial charge on any atom is 0.249 e. The van der Waals surface area contributed by atoms with E-state index in [1.807, 2.05) is 54.6 Å². The van der Waals surface area contributed by atoms with Gasteiger partial charge in [0, 0.05) is 32.7 Å². The van der Waals surface area contributed by atoms with Crippen LogP contribution in [-0.4, -0.2) is 88.1 Å². The molecule has 4 aliphatic heterocycles. The lowest BCUT2D eigenvalue weighted by atomic mass is 9.77. The van der Waals surface area contributed by atoms with Gasteiger partial charge in [-0.2, -0.15) is 0 Å². The molecule has 0 radical (unpaired) electrons. The molecular weight excluding hydrogens is 446 g/mol. The fraction of sp³-hybridized carbons (Fsp3) is 0.519. The van der Waals surface area contributed by atoms with Crippen molar-refractivity contribution in [1.82, 2.24) is 14.7 Å². The average molecular weight is 480 g/mol. The first-order valence-electron chi connectivity index (χ1n) is 12.6. The Hall–Kier alpha value is -2.97. The molecular formula is C27H33N3O5. The predicted molar refractivity (Wildman–Crippen MR) is 129 cm³/mol. The van der Waals surface area contributed by atoms with Crippen LogP contribution in [-0.2, 0) is 25.7 Å². The maximum absolute atomic E-state index is 13.9. The Morgan fingerprint density at radius 2 is 1.77 bits per heavy atom. The highest BCUT2D eigenvalue weighted by atomic mass is 16.5. The number of carbonyl (C=O) groups excluding carboxylic acids is 3. The van der Waals surface area contributed by atoms with E-state index in [0.29, 0.717) is 26.2 Å². The highest BCUT2D eigenvalue weighted by Crippen LogP contribution is 2.53. The van der Waals surface area contributed by atoms with Gasteiger partial charge in [0.05, 0.1) is 24.5 Å². The number of benzene rings is 1. The molecule has 2 saturated heterocycles. The number of aliphatic hydroxyl groups excluding tert-OH is 1. The van der Waals surface area contributed by atoms with Crippen molar-refractivity contribution < 1.29 is 24.2 Å². The number of rotatable bonds is 7. The largest absolute Gasteiger partial charge is 0.395 e. The predicted octanol–water partition coefficient (Wildman–Crippen LogP) is 1.36. The Bertz CT molecular complexity index is 1040. The zero-order valence-corrected chi connectivity index (χ0v) is 20.1. The molecule has 0 aromatic heterocycles. The molecule has 186 valence electrons. The van der Waals surface area contributed by atoms with E-state index in [1.54, 1.807) is 9.80 Å². The van der Waals surface area contributed by atoms with Crippen molar-refractivity contribution in [2.24, 2.45) is 11.8 Å². The summed E-state index contributed by atoms with van der Waals surface area (Å²) in [5, 5.41) is 9.73. The zero-order chi connectivity index (χ0) is 24.6. The number of hydrogen-bond acceptors (Lipinski definition) is 5. The van der Waals surface area contributed by atoms with Crippen LogP contribution in [0.4, 0.5) is 0 Å². The molecule has 1 spiro atoms.